The van der Waals surface area contributed by atoms with E-state index in [1.165, 1.54) is 50.4 Å². The number of anilines is 1. The van der Waals surface area contributed by atoms with Crippen molar-refractivity contribution in [3.05, 3.63) is 53.1 Å². The molecular weight excluding hydrogens is 460 g/mol. The third-order valence-electron chi connectivity index (χ3n) is 4.69. The first-order valence-corrected chi connectivity index (χ1v) is 12.5. The number of hydrogen-bond donors (Lipinski definition) is 1. The Morgan fingerprint density at radius 3 is 2.44 bits per heavy atom. The molecule has 0 unspecified atom stereocenters. The van der Waals surface area contributed by atoms with Gasteiger partial charge >= 0.3 is 0 Å². The fourth-order valence-corrected chi connectivity index (χ4v) is 4.27. The SMILES string of the molecule is [2H]CC.[2H][C@@](CS(C)(=O)=O)(c1ccc(OC)c(OCC)c1)N1C(=O)c2cccc(NC(C)=O)c2C1=O. The van der Waals surface area contributed by atoms with Crippen molar-refractivity contribution in [2.24, 2.45) is 0 Å². The lowest BCUT2D eigenvalue weighted by Gasteiger charge is -2.27. The van der Waals surface area contributed by atoms with Crippen LogP contribution in [0.2, 0.25) is 0 Å². The normalized spacial score (nSPS) is 15.3. The summed E-state index contributed by atoms with van der Waals surface area (Å²) in [6, 6.07) is 6.30. The van der Waals surface area contributed by atoms with E-state index in [9.17, 15) is 22.8 Å². The van der Waals surface area contributed by atoms with E-state index in [1.807, 2.05) is 0 Å². The number of carbonyl (C=O) groups is 3. The maximum atomic E-state index is 13.4. The van der Waals surface area contributed by atoms with Crippen LogP contribution in [0.1, 0.15) is 62.7 Å². The van der Waals surface area contributed by atoms with Crippen LogP contribution in [0.25, 0.3) is 0 Å². The van der Waals surface area contributed by atoms with Crippen molar-refractivity contribution in [1.29, 1.82) is 0 Å². The first-order chi connectivity index (χ1) is 16.8. The third kappa shape index (κ3) is 5.74. The zero-order chi connectivity index (χ0) is 27.3. The average molecular weight is 493 g/mol. The van der Waals surface area contributed by atoms with Gasteiger partial charge in [0.25, 0.3) is 11.8 Å². The molecule has 1 aliphatic heterocycles. The summed E-state index contributed by atoms with van der Waals surface area (Å²) in [5, 5.41) is 2.50. The van der Waals surface area contributed by atoms with Crippen LogP contribution in [-0.4, -0.2) is 56.8 Å². The molecule has 0 bridgehead atoms. The first kappa shape index (κ1) is 23.7. The Kier molecular flexibility index (Phi) is 7.79. The molecular formula is C24H30N2O7S. The number of sulfone groups is 1. The van der Waals surface area contributed by atoms with Crippen molar-refractivity contribution >= 4 is 33.2 Å². The highest BCUT2D eigenvalue weighted by molar-refractivity contribution is 7.90. The number of imide groups is 1. The summed E-state index contributed by atoms with van der Waals surface area (Å²) in [6.45, 7) is 5.55. The summed E-state index contributed by atoms with van der Waals surface area (Å²) in [5.41, 5.74) is 0.0244. The van der Waals surface area contributed by atoms with Crippen LogP contribution in [-0.2, 0) is 14.6 Å². The maximum absolute atomic E-state index is 13.4. The van der Waals surface area contributed by atoms with Gasteiger partial charge in [-0.05, 0) is 36.8 Å². The van der Waals surface area contributed by atoms with E-state index >= 15 is 0 Å². The second kappa shape index (κ2) is 11.1. The number of carbonyl (C=O) groups excluding carboxylic acids is 3. The van der Waals surface area contributed by atoms with Crippen LogP contribution >= 0.6 is 0 Å². The molecule has 0 radical (unpaired) electrons. The lowest BCUT2D eigenvalue weighted by molar-refractivity contribution is -0.114. The van der Waals surface area contributed by atoms with Gasteiger partial charge in [0.1, 0.15) is 9.84 Å². The van der Waals surface area contributed by atoms with E-state index in [0.717, 1.165) is 6.26 Å². The predicted octanol–water partition coefficient (Wildman–Crippen LogP) is 3.46. The smallest absolute Gasteiger partial charge is 0.264 e. The molecule has 1 N–H and O–H groups in total. The van der Waals surface area contributed by atoms with Gasteiger partial charge in [-0.3, -0.25) is 19.3 Å². The molecule has 2 aromatic carbocycles. The van der Waals surface area contributed by atoms with Crippen molar-refractivity contribution in [3.63, 3.8) is 0 Å². The number of hydrogen-bond acceptors (Lipinski definition) is 7. The Labute approximate surface area is 202 Å². The quantitative estimate of drug-likeness (QED) is 0.561. The second-order valence-corrected chi connectivity index (χ2v) is 9.31. The average Bonchev–Trinajstić information content (AvgIpc) is 3.04. The van der Waals surface area contributed by atoms with Gasteiger partial charge in [-0.1, -0.05) is 26.0 Å². The van der Waals surface area contributed by atoms with E-state index in [2.05, 4.69) is 5.32 Å². The molecule has 0 aliphatic carbocycles. The van der Waals surface area contributed by atoms with Crippen LogP contribution in [0.4, 0.5) is 5.69 Å². The molecule has 0 spiro atoms. The first-order valence-electron chi connectivity index (χ1n) is 11.6. The van der Waals surface area contributed by atoms with E-state index in [1.54, 1.807) is 13.8 Å². The number of amides is 3. The van der Waals surface area contributed by atoms with Gasteiger partial charge in [-0.2, -0.15) is 0 Å². The highest BCUT2D eigenvalue weighted by atomic mass is 32.2. The number of nitrogens with zero attached hydrogens (tertiary/aromatic N) is 1. The molecule has 34 heavy (non-hydrogen) atoms. The molecule has 0 aromatic heterocycles. The van der Waals surface area contributed by atoms with E-state index < -0.39 is 39.3 Å². The molecule has 2 aromatic rings. The molecule has 1 heterocycles. The van der Waals surface area contributed by atoms with E-state index in [4.69, 9.17) is 12.2 Å². The Morgan fingerprint density at radius 2 is 1.88 bits per heavy atom. The zero-order valence-corrected chi connectivity index (χ0v) is 20.6. The number of rotatable bonds is 8. The molecule has 1 atom stereocenters. The molecule has 184 valence electrons. The number of methoxy groups -OCH3 is 1. The van der Waals surface area contributed by atoms with Crippen LogP contribution < -0.4 is 14.8 Å². The summed E-state index contributed by atoms with van der Waals surface area (Å²) < 4.78 is 50.8. The molecule has 0 fully saturated rings. The van der Waals surface area contributed by atoms with E-state index in [0.29, 0.717) is 17.5 Å². The minimum atomic E-state index is -3.85. The van der Waals surface area contributed by atoms with Crippen LogP contribution in [0.3, 0.4) is 0 Å². The molecule has 0 saturated heterocycles. The lowest BCUT2D eigenvalue weighted by Crippen LogP contribution is -2.37. The van der Waals surface area contributed by atoms with Crippen molar-refractivity contribution in [3.8, 4) is 11.5 Å². The Balaban J connectivity index is 0.00000145. The van der Waals surface area contributed by atoms with Gasteiger partial charge in [-0.25, -0.2) is 8.42 Å². The van der Waals surface area contributed by atoms with Gasteiger partial charge in [-0.15, -0.1) is 0 Å². The minimum absolute atomic E-state index is 0.0325. The zero-order valence-electron chi connectivity index (χ0n) is 21.8. The van der Waals surface area contributed by atoms with Gasteiger partial charge in [0.15, 0.2) is 11.5 Å². The topological polar surface area (TPSA) is 119 Å². The Hall–Kier alpha value is -3.40. The lowest BCUT2D eigenvalue weighted by atomic mass is 10.1. The van der Waals surface area contributed by atoms with Crippen molar-refractivity contribution < 1.29 is 35.0 Å². The van der Waals surface area contributed by atoms with Gasteiger partial charge in [0.2, 0.25) is 5.91 Å². The molecule has 1 aliphatic rings. The van der Waals surface area contributed by atoms with Crippen molar-refractivity contribution in [1.82, 2.24) is 4.90 Å². The highest BCUT2D eigenvalue weighted by Crippen LogP contribution is 2.38. The molecule has 10 heteroatoms. The molecule has 3 rings (SSSR count). The molecule has 3 amide bonds. The number of benzene rings is 2. The van der Waals surface area contributed by atoms with E-state index in [-0.39, 0.29) is 34.7 Å². The Morgan fingerprint density at radius 1 is 1.21 bits per heavy atom. The maximum Gasteiger partial charge on any atom is 0.264 e. The standard InChI is InChI=1S/C22H24N2O7S.C2H6/c1-5-31-19-11-14(9-10-18(19)30-3)17(12-32(4,28)29)24-21(26)15-7-6-8-16(23-13(2)25)20(15)22(24)27;1-2/h6-11,17H,5,12H2,1-4H3,(H,23,25);1-2H3/t17-;/m1./s1/i17D;1D. The summed E-state index contributed by atoms with van der Waals surface area (Å²) in [5.74, 6) is -2.44. The predicted molar refractivity (Wildman–Crippen MR) is 129 cm³/mol. The Bertz CT molecular complexity index is 1270. The summed E-state index contributed by atoms with van der Waals surface area (Å²) in [4.78, 5) is 38.9. The van der Waals surface area contributed by atoms with Crippen molar-refractivity contribution in [2.45, 2.75) is 33.7 Å². The fraction of sp³-hybridized carbons (Fsp3) is 0.375. The highest BCUT2D eigenvalue weighted by Gasteiger charge is 2.43. The van der Waals surface area contributed by atoms with Gasteiger partial charge in [0, 0.05) is 14.6 Å². The summed E-state index contributed by atoms with van der Waals surface area (Å²) in [7, 11) is -2.42. The van der Waals surface area contributed by atoms with Gasteiger partial charge in [0.05, 0.1) is 43.7 Å². The van der Waals surface area contributed by atoms with Crippen LogP contribution in [0.15, 0.2) is 36.4 Å². The number of fused-ring (bicyclic) bond motifs is 1. The minimum Gasteiger partial charge on any atom is -0.493 e. The fourth-order valence-electron chi connectivity index (χ4n) is 3.47. The molecule has 0 saturated carbocycles. The summed E-state index contributed by atoms with van der Waals surface area (Å²) in [6.07, 6.45) is 0.921. The molecule has 9 nitrogen and oxygen atoms in total. The summed E-state index contributed by atoms with van der Waals surface area (Å²) >= 11 is 0. The largest absolute Gasteiger partial charge is 0.493 e. The number of ether oxygens (including phenoxy) is 2. The van der Waals surface area contributed by atoms with Crippen molar-refractivity contribution in [2.75, 3.05) is 31.0 Å². The number of nitrogens with one attached hydrogen (secondary N) is 1. The van der Waals surface area contributed by atoms with Crippen LogP contribution in [0, 0.1) is 0 Å². The second-order valence-electron chi connectivity index (χ2n) is 7.17. The van der Waals surface area contributed by atoms with Gasteiger partial charge < -0.3 is 14.8 Å². The van der Waals surface area contributed by atoms with Crippen LogP contribution in [0.5, 0.6) is 11.5 Å². The third-order valence-corrected chi connectivity index (χ3v) is 5.49. The monoisotopic (exact) mass is 492 g/mol.